The van der Waals surface area contributed by atoms with Gasteiger partial charge in [0.15, 0.2) is 0 Å². The molecule has 0 saturated carbocycles. The Morgan fingerprint density at radius 1 is 1.37 bits per heavy atom. The maximum atomic E-state index is 12.9. The van der Waals surface area contributed by atoms with Crippen molar-refractivity contribution < 1.29 is 14.3 Å². The molecule has 4 heterocycles. The van der Waals surface area contributed by atoms with Gasteiger partial charge in [-0.05, 0) is 36.5 Å². The number of anilines is 2. The predicted molar refractivity (Wildman–Crippen MR) is 113 cm³/mol. The molecule has 9 nitrogen and oxygen atoms in total. The lowest BCUT2D eigenvalue weighted by atomic mass is 10.1. The van der Waals surface area contributed by atoms with E-state index in [2.05, 4.69) is 37.3 Å². The van der Waals surface area contributed by atoms with Crippen LogP contribution in [0.25, 0.3) is 0 Å². The van der Waals surface area contributed by atoms with E-state index < -0.39 is 0 Å². The Kier molecular flexibility index (Phi) is 6.36. The van der Waals surface area contributed by atoms with Crippen LogP contribution >= 0.6 is 22.9 Å². The van der Waals surface area contributed by atoms with Crippen molar-refractivity contribution in [1.29, 1.82) is 0 Å². The lowest BCUT2D eigenvalue weighted by molar-refractivity contribution is 0.0976. The average molecular weight is 447 g/mol. The maximum Gasteiger partial charge on any atom is 0.296 e. The van der Waals surface area contributed by atoms with Gasteiger partial charge in [0.25, 0.3) is 11.1 Å². The Bertz CT molecular complexity index is 1020. The Balaban J connectivity index is 1.42. The Labute approximate surface area is 182 Å². The Morgan fingerprint density at radius 2 is 2.27 bits per heavy atom. The van der Waals surface area contributed by atoms with Crippen molar-refractivity contribution in [2.24, 2.45) is 0 Å². The van der Waals surface area contributed by atoms with Crippen LogP contribution in [0.1, 0.15) is 23.0 Å². The highest BCUT2D eigenvalue weighted by Gasteiger charge is 2.24. The van der Waals surface area contributed by atoms with E-state index in [1.54, 1.807) is 36.8 Å². The fraction of sp³-hybridized carbons (Fsp3) is 0.316. The largest absolute Gasteiger partial charge is 0.462 e. The molecule has 1 amide bonds. The van der Waals surface area contributed by atoms with Crippen molar-refractivity contribution in [3.63, 3.8) is 0 Å². The van der Waals surface area contributed by atoms with Crippen LogP contribution in [0.3, 0.4) is 0 Å². The molecule has 0 aliphatic carbocycles. The number of halogens is 1. The van der Waals surface area contributed by atoms with E-state index in [4.69, 9.17) is 21.1 Å². The molecule has 3 aromatic rings. The molecule has 3 aromatic heterocycles. The van der Waals surface area contributed by atoms with Gasteiger partial charge in [0.1, 0.15) is 6.61 Å². The maximum absolute atomic E-state index is 12.9. The molecule has 1 aliphatic rings. The van der Waals surface area contributed by atoms with E-state index in [0.717, 1.165) is 17.0 Å². The molecule has 0 bridgehead atoms. The first kappa shape index (κ1) is 20.5. The SMILES string of the molecule is C[C@@H]1COCCN1c1cnccc1C(=O)Nc1nnc(OCc2ccc(Cl)cn2)s1. The predicted octanol–water partition coefficient (Wildman–Crippen LogP) is 3.04. The number of hydrogen-bond acceptors (Lipinski definition) is 9. The minimum Gasteiger partial charge on any atom is -0.462 e. The van der Waals surface area contributed by atoms with Gasteiger partial charge in [0, 0.05) is 25.0 Å². The van der Waals surface area contributed by atoms with Gasteiger partial charge in [-0.25, -0.2) is 0 Å². The topological polar surface area (TPSA) is 102 Å². The summed E-state index contributed by atoms with van der Waals surface area (Å²) in [7, 11) is 0. The fourth-order valence-corrected chi connectivity index (χ4v) is 3.70. The van der Waals surface area contributed by atoms with Crippen LogP contribution in [0.4, 0.5) is 10.8 Å². The molecular formula is C19H19ClN6O3S. The average Bonchev–Trinajstić information content (AvgIpc) is 3.21. The molecular weight excluding hydrogens is 428 g/mol. The molecule has 4 rings (SSSR count). The lowest BCUT2D eigenvalue weighted by Gasteiger charge is -2.35. The minimum absolute atomic E-state index is 0.150. The third kappa shape index (κ3) is 4.84. The third-order valence-electron chi connectivity index (χ3n) is 4.48. The quantitative estimate of drug-likeness (QED) is 0.616. The number of nitrogens with one attached hydrogen (secondary N) is 1. The second-order valence-electron chi connectivity index (χ2n) is 6.59. The number of nitrogens with zero attached hydrogens (tertiary/aromatic N) is 5. The second kappa shape index (κ2) is 9.33. The molecule has 0 unspecified atom stereocenters. The Morgan fingerprint density at radius 3 is 3.07 bits per heavy atom. The van der Waals surface area contributed by atoms with Gasteiger partial charge < -0.3 is 14.4 Å². The van der Waals surface area contributed by atoms with Gasteiger partial charge in [-0.3, -0.25) is 20.1 Å². The minimum atomic E-state index is -0.284. The highest BCUT2D eigenvalue weighted by Crippen LogP contribution is 2.27. The molecule has 11 heteroatoms. The van der Waals surface area contributed by atoms with Gasteiger partial charge in [0.05, 0.1) is 41.4 Å². The summed E-state index contributed by atoms with van der Waals surface area (Å²) in [5.41, 5.74) is 1.99. The summed E-state index contributed by atoms with van der Waals surface area (Å²) in [6.45, 7) is 4.19. The summed E-state index contributed by atoms with van der Waals surface area (Å²) in [4.78, 5) is 23.4. The van der Waals surface area contributed by atoms with Crippen molar-refractivity contribution in [2.45, 2.75) is 19.6 Å². The lowest BCUT2D eigenvalue weighted by Crippen LogP contribution is -2.44. The first-order valence-electron chi connectivity index (χ1n) is 9.26. The van der Waals surface area contributed by atoms with Crippen LogP contribution in [0.2, 0.25) is 5.02 Å². The molecule has 1 atom stereocenters. The molecule has 1 fully saturated rings. The second-order valence-corrected chi connectivity index (χ2v) is 7.97. The molecule has 1 saturated heterocycles. The molecule has 0 aromatic carbocycles. The number of ether oxygens (including phenoxy) is 2. The summed E-state index contributed by atoms with van der Waals surface area (Å²) >= 11 is 6.96. The van der Waals surface area contributed by atoms with Crippen LogP contribution in [-0.2, 0) is 11.3 Å². The number of amides is 1. The molecule has 156 valence electrons. The zero-order valence-electron chi connectivity index (χ0n) is 16.1. The van der Waals surface area contributed by atoms with Gasteiger partial charge in [-0.2, -0.15) is 0 Å². The van der Waals surface area contributed by atoms with Crippen molar-refractivity contribution in [2.75, 3.05) is 30.0 Å². The van der Waals surface area contributed by atoms with Gasteiger partial charge in [-0.1, -0.05) is 16.7 Å². The highest BCUT2D eigenvalue weighted by molar-refractivity contribution is 7.17. The van der Waals surface area contributed by atoms with E-state index in [1.165, 1.54) is 0 Å². The molecule has 0 radical (unpaired) electrons. The molecule has 0 spiro atoms. The molecule has 1 N–H and O–H groups in total. The van der Waals surface area contributed by atoms with Gasteiger partial charge in [0.2, 0.25) is 5.13 Å². The van der Waals surface area contributed by atoms with Crippen molar-refractivity contribution in [3.05, 3.63) is 53.1 Å². The number of carbonyl (C=O) groups is 1. The van der Waals surface area contributed by atoms with Gasteiger partial charge >= 0.3 is 0 Å². The van der Waals surface area contributed by atoms with Crippen molar-refractivity contribution >= 4 is 39.7 Å². The van der Waals surface area contributed by atoms with Crippen LogP contribution < -0.4 is 15.0 Å². The van der Waals surface area contributed by atoms with Crippen LogP contribution in [0.5, 0.6) is 5.19 Å². The van der Waals surface area contributed by atoms with Crippen molar-refractivity contribution in [1.82, 2.24) is 20.2 Å². The zero-order valence-corrected chi connectivity index (χ0v) is 17.7. The van der Waals surface area contributed by atoms with E-state index >= 15 is 0 Å². The number of aromatic nitrogens is 4. The van der Waals surface area contributed by atoms with Crippen LogP contribution in [0.15, 0.2) is 36.8 Å². The van der Waals surface area contributed by atoms with E-state index in [-0.39, 0.29) is 18.6 Å². The molecule has 30 heavy (non-hydrogen) atoms. The summed E-state index contributed by atoms with van der Waals surface area (Å²) < 4.78 is 11.1. The summed E-state index contributed by atoms with van der Waals surface area (Å²) in [5.74, 6) is -0.284. The summed E-state index contributed by atoms with van der Waals surface area (Å²) in [6.07, 6.45) is 4.84. The van der Waals surface area contributed by atoms with Gasteiger partial charge in [-0.15, -0.1) is 5.10 Å². The normalized spacial score (nSPS) is 16.3. The highest BCUT2D eigenvalue weighted by atomic mass is 35.5. The van der Waals surface area contributed by atoms with Crippen LogP contribution in [-0.4, -0.2) is 51.9 Å². The summed E-state index contributed by atoms with van der Waals surface area (Å²) in [6, 6.07) is 5.35. The van der Waals surface area contributed by atoms with E-state index in [0.29, 0.717) is 46.4 Å². The van der Waals surface area contributed by atoms with E-state index in [1.807, 2.05) is 0 Å². The fourth-order valence-electron chi connectivity index (χ4n) is 3.00. The summed E-state index contributed by atoms with van der Waals surface area (Å²) in [5, 5.41) is 12.0. The molecule has 1 aliphatic heterocycles. The first-order valence-corrected chi connectivity index (χ1v) is 10.5. The number of carbonyl (C=O) groups excluding carboxylic acids is 1. The number of morpholine rings is 1. The third-order valence-corrected chi connectivity index (χ3v) is 5.46. The Hall–Kier alpha value is -2.82. The van der Waals surface area contributed by atoms with Crippen molar-refractivity contribution in [3.8, 4) is 5.19 Å². The standard InChI is InChI=1S/C19H19ClN6O3S/c1-12-10-28-7-6-26(12)16-9-21-5-4-15(16)17(27)23-18-24-25-19(30-18)29-11-14-3-2-13(20)8-22-14/h2-5,8-9,12H,6-7,10-11H2,1H3,(H,23,24,27)/t12-/m1/s1. The van der Waals surface area contributed by atoms with Crippen LogP contribution in [0, 0.1) is 0 Å². The smallest absolute Gasteiger partial charge is 0.296 e. The zero-order chi connectivity index (χ0) is 20.9. The monoisotopic (exact) mass is 446 g/mol. The number of pyridine rings is 2. The first-order chi connectivity index (χ1) is 14.6. The number of rotatable bonds is 6. The van der Waals surface area contributed by atoms with E-state index in [9.17, 15) is 4.79 Å². The number of hydrogen-bond donors (Lipinski definition) is 1.